The van der Waals surface area contributed by atoms with Crippen LogP contribution in [0, 0.1) is 0 Å². The van der Waals surface area contributed by atoms with Crippen LogP contribution in [0.3, 0.4) is 0 Å². The fraction of sp³-hybridized carbons (Fsp3) is 0.500. The molecule has 0 aromatic carbocycles. The highest BCUT2D eigenvalue weighted by atomic mass is 35.5. The SMILES string of the molecule is CC=COCCl. The van der Waals surface area contributed by atoms with Crippen LogP contribution in [0.4, 0.5) is 0 Å². The minimum absolute atomic E-state index is 0.240. The topological polar surface area (TPSA) is 9.23 Å². The molecule has 0 aromatic rings. The van der Waals surface area contributed by atoms with Crippen molar-refractivity contribution in [3.63, 3.8) is 0 Å². The van der Waals surface area contributed by atoms with Crippen molar-refractivity contribution in [2.24, 2.45) is 0 Å². The standard InChI is InChI=1S/C4H7ClO/c1-2-3-6-4-5/h2-3H,4H2,1H3. The quantitative estimate of drug-likeness (QED) is 0.385. The molecular formula is C4H7ClO. The third-order valence-corrected chi connectivity index (χ3v) is 0.421. The van der Waals surface area contributed by atoms with Gasteiger partial charge in [-0.15, -0.1) is 0 Å². The molecule has 0 saturated carbocycles. The lowest BCUT2D eigenvalue weighted by molar-refractivity contribution is 0.312. The number of rotatable bonds is 2. The summed E-state index contributed by atoms with van der Waals surface area (Å²) < 4.78 is 4.57. The third kappa shape index (κ3) is 3.83. The minimum Gasteiger partial charge on any atom is -0.486 e. The molecular weight excluding hydrogens is 99.5 g/mol. The highest BCUT2D eigenvalue weighted by Crippen LogP contribution is 1.78. The van der Waals surface area contributed by atoms with Crippen molar-refractivity contribution in [1.29, 1.82) is 0 Å². The zero-order chi connectivity index (χ0) is 4.83. The van der Waals surface area contributed by atoms with E-state index in [4.69, 9.17) is 11.6 Å². The zero-order valence-corrected chi connectivity index (χ0v) is 4.40. The van der Waals surface area contributed by atoms with E-state index in [1.165, 1.54) is 0 Å². The van der Waals surface area contributed by atoms with Crippen molar-refractivity contribution in [2.75, 3.05) is 6.07 Å². The maximum atomic E-state index is 5.11. The summed E-state index contributed by atoms with van der Waals surface area (Å²) in [5.41, 5.74) is 0. The van der Waals surface area contributed by atoms with Crippen LogP contribution in [0.25, 0.3) is 0 Å². The first-order chi connectivity index (χ1) is 2.91. The Balaban J connectivity index is 2.66. The number of alkyl halides is 1. The summed E-state index contributed by atoms with van der Waals surface area (Å²) in [6.07, 6.45) is 3.33. The van der Waals surface area contributed by atoms with E-state index in [9.17, 15) is 0 Å². The average Bonchev–Trinajstić information content (AvgIpc) is 1.61. The molecule has 0 saturated heterocycles. The largest absolute Gasteiger partial charge is 0.486 e. The van der Waals surface area contributed by atoms with E-state index in [1.54, 1.807) is 12.3 Å². The second-order valence-electron chi connectivity index (χ2n) is 0.745. The molecule has 0 N–H and O–H groups in total. The maximum absolute atomic E-state index is 5.11. The van der Waals surface area contributed by atoms with Gasteiger partial charge in [-0.05, 0) is 6.92 Å². The van der Waals surface area contributed by atoms with Gasteiger partial charge in [0, 0.05) is 0 Å². The molecule has 0 aliphatic carbocycles. The zero-order valence-electron chi connectivity index (χ0n) is 3.65. The van der Waals surface area contributed by atoms with Crippen LogP contribution in [0.5, 0.6) is 0 Å². The van der Waals surface area contributed by atoms with Crippen LogP contribution < -0.4 is 0 Å². The van der Waals surface area contributed by atoms with Gasteiger partial charge in [0.1, 0.15) is 0 Å². The summed E-state index contributed by atoms with van der Waals surface area (Å²) in [6.45, 7) is 1.87. The molecule has 0 aliphatic rings. The molecule has 0 heterocycles. The van der Waals surface area contributed by atoms with Crippen LogP contribution in [0.15, 0.2) is 12.3 Å². The highest BCUT2D eigenvalue weighted by Gasteiger charge is 1.62. The second-order valence-corrected chi connectivity index (χ2v) is 0.963. The lowest BCUT2D eigenvalue weighted by atomic mass is 10.7. The van der Waals surface area contributed by atoms with Gasteiger partial charge in [0.05, 0.1) is 6.26 Å². The number of hydrogen-bond acceptors (Lipinski definition) is 1. The smallest absolute Gasteiger partial charge is 0.161 e. The predicted octanol–water partition coefficient (Wildman–Crippen LogP) is 1.73. The minimum atomic E-state index is 0.240. The molecule has 0 atom stereocenters. The van der Waals surface area contributed by atoms with Crippen LogP contribution in [-0.4, -0.2) is 6.07 Å². The Bertz CT molecular complexity index is 42.8. The molecule has 0 unspecified atom stereocenters. The Labute approximate surface area is 42.6 Å². The number of ether oxygens (including phenoxy) is 1. The molecule has 0 radical (unpaired) electrons. The summed E-state index contributed by atoms with van der Waals surface area (Å²) in [7, 11) is 0. The van der Waals surface area contributed by atoms with Crippen molar-refractivity contribution in [3.8, 4) is 0 Å². The molecule has 0 aliphatic heterocycles. The van der Waals surface area contributed by atoms with Crippen molar-refractivity contribution < 1.29 is 4.74 Å². The van der Waals surface area contributed by atoms with E-state index in [0.29, 0.717) is 0 Å². The van der Waals surface area contributed by atoms with E-state index < -0.39 is 0 Å². The molecule has 2 heteroatoms. The van der Waals surface area contributed by atoms with Gasteiger partial charge >= 0.3 is 0 Å². The fourth-order valence-electron chi connectivity index (χ4n) is 0.133. The fourth-order valence-corrected chi connectivity index (χ4v) is 0.205. The first-order valence-corrected chi connectivity index (χ1v) is 2.24. The molecule has 0 aromatic heterocycles. The van der Waals surface area contributed by atoms with Crippen molar-refractivity contribution >= 4 is 11.6 Å². The molecule has 6 heavy (non-hydrogen) atoms. The summed E-state index contributed by atoms with van der Waals surface area (Å²) in [5, 5.41) is 0. The summed E-state index contributed by atoms with van der Waals surface area (Å²) in [4.78, 5) is 0. The van der Waals surface area contributed by atoms with E-state index in [1.807, 2.05) is 6.92 Å². The van der Waals surface area contributed by atoms with Crippen LogP contribution in [0.1, 0.15) is 6.92 Å². The number of allylic oxidation sites excluding steroid dienone is 1. The normalized spacial score (nSPS) is 9.67. The summed E-state index contributed by atoms with van der Waals surface area (Å²) in [5.74, 6) is 0. The first kappa shape index (κ1) is 5.83. The number of halogens is 1. The summed E-state index contributed by atoms with van der Waals surface area (Å²) in [6, 6.07) is 0.240. The van der Waals surface area contributed by atoms with Crippen LogP contribution in [-0.2, 0) is 4.74 Å². The molecule has 0 bridgehead atoms. The van der Waals surface area contributed by atoms with Gasteiger partial charge in [0.25, 0.3) is 0 Å². The molecule has 0 spiro atoms. The number of hydrogen-bond donors (Lipinski definition) is 0. The molecule has 0 fully saturated rings. The average molecular weight is 107 g/mol. The van der Waals surface area contributed by atoms with Crippen LogP contribution >= 0.6 is 11.6 Å². The lowest BCUT2D eigenvalue weighted by Gasteiger charge is -1.84. The highest BCUT2D eigenvalue weighted by molar-refractivity contribution is 6.17. The van der Waals surface area contributed by atoms with Gasteiger partial charge in [0.15, 0.2) is 6.07 Å². The predicted molar refractivity (Wildman–Crippen MR) is 26.6 cm³/mol. The van der Waals surface area contributed by atoms with Gasteiger partial charge in [-0.2, -0.15) is 0 Å². The van der Waals surface area contributed by atoms with Gasteiger partial charge < -0.3 is 4.74 Å². The molecule has 36 valence electrons. The van der Waals surface area contributed by atoms with Gasteiger partial charge in [-0.1, -0.05) is 17.7 Å². The van der Waals surface area contributed by atoms with E-state index in [2.05, 4.69) is 4.74 Å². The van der Waals surface area contributed by atoms with Crippen molar-refractivity contribution in [3.05, 3.63) is 12.3 Å². The van der Waals surface area contributed by atoms with E-state index in [-0.39, 0.29) is 6.07 Å². The van der Waals surface area contributed by atoms with E-state index in [0.717, 1.165) is 0 Å². The molecule has 1 nitrogen and oxygen atoms in total. The third-order valence-electron chi connectivity index (χ3n) is 0.295. The van der Waals surface area contributed by atoms with Crippen molar-refractivity contribution in [2.45, 2.75) is 6.92 Å². The molecule has 0 rings (SSSR count). The maximum Gasteiger partial charge on any atom is 0.161 e. The lowest BCUT2D eigenvalue weighted by Crippen LogP contribution is -1.69. The van der Waals surface area contributed by atoms with E-state index >= 15 is 0 Å². The Hall–Kier alpha value is -0.170. The van der Waals surface area contributed by atoms with Gasteiger partial charge in [0.2, 0.25) is 0 Å². The summed E-state index contributed by atoms with van der Waals surface area (Å²) >= 11 is 5.11. The molecule has 0 amide bonds. The Kier molecular flexibility index (Phi) is 4.69. The van der Waals surface area contributed by atoms with Crippen molar-refractivity contribution in [1.82, 2.24) is 0 Å². The van der Waals surface area contributed by atoms with Crippen LogP contribution in [0.2, 0.25) is 0 Å². The Morgan fingerprint density at radius 3 is 2.67 bits per heavy atom. The van der Waals surface area contributed by atoms with Gasteiger partial charge in [-0.25, -0.2) is 0 Å². The van der Waals surface area contributed by atoms with Gasteiger partial charge in [-0.3, -0.25) is 0 Å². The monoisotopic (exact) mass is 106 g/mol. The first-order valence-electron chi connectivity index (χ1n) is 1.70. The Morgan fingerprint density at radius 1 is 1.83 bits per heavy atom. The Morgan fingerprint density at radius 2 is 2.50 bits per heavy atom. The second kappa shape index (κ2) is 4.83.